The van der Waals surface area contributed by atoms with E-state index in [4.69, 9.17) is 18.0 Å². The Morgan fingerprint density at radius 3 is 2.36 bits per heavy atom. The molecule has 0 aromatic rings. The third-order valence-corrected chi connectivity index (χ3v) is 1.56. The fourth-order valence-electron chi connectivity index (χ4n) is 0.970. The van der Waals surface area contributed by atoms with Crippen LogP contribution in [0.1, 0.15) is 6.42 Å². The van der Waals surface area contributed by atoms with Crippen LogP contribution in [-0.4, -0.2) is 42.3 Å². The molecule has 0 saturated heterocycles. The molecule has 0 spiro atoms. The molecule has 0 bridgehead atoms. The highest BCUT2D eigenvalue weighted by molar-refractivity contribution is 5.64. The van der Waals surface area contributed by atoms with Crippen LogP contribution in [0.3, 0.4) is 0 Å². The first-order valence-corrected chi connectivity index (χ1v) is 4.26. The van der Waals surface area contributed by atoms with Crippen molar-refractivity contribution in [2.45, 2.75) is 6.42 Å². The third kappa shape index (κ3) is 7.02. The van der Waals surface area contributed by atoms with Crippen molar-refractivity contribution in [1.29, 1.82) is 0 Å². The molecule has 0 unspecified atom stereocenters. The third-order valence-electron chi connectivity index (χ3n) is 1.56. The minimum absolute atomic E-state index is 0.418. The van der Waals surface area contributed by atoms with Crippen LogP contribution in [0.5, 0.6) is 0 Å². The Morgan fingerprint density at radius 2 is 1.93 bits per heavy atom. The van der Waals surface area contributed by atoms with E-state index in [1.165, 1.54) is 0 Å². The highest BCUT2D eigenvalue weighted by Crippen LogP contribution is 1.89. The Morgan fingerprint density at radius 1 is 1.36 bits per heavy atom. The summed E-state index contributed by atoms with van der Waals surface area (Å²) in [7, 11) is 0. The molecule has 76 valence electrons. The van der Waals surface area contributed by atoms with Gasteiger partial charge in [-0.3, -0.25) is 4.90 Å². The predicted molar refractivity (Wildman–Crippen MR) is 54.8 cm³/mol. The molecular formula is C10H14N2O2. The fourth-order valence-corrected chi connectivity index (χ4v) is 0.970. The van der Waals surface area contributed by atoms with Crippen LogP contribution in [-0.2, 0) is 0 Å². The van der Waals surface area contributed by atoms with E-state index in [0.717, 1.165) is 0 Å². The second-order valence-electron chi connectivity index (χ2n) is 2.70. The van der Waals surface area contributed by atoms with Gasteiger partial charge in [-0.25, -0.2) is 4.79 Å². The largest absolute Gasteiger partial charge is 0.465 e. The van der Waals surface area contributed by atoms with Gasteiger partial charge in [-0.2, -0.15) is 0 Å². The van der Waals surface area contributed by atoms with Crippen molar-refractivity contribution < 1.29 is 9.90 Å². The monoisotopic (exact) mass is 194 g/mol. The summed E-state index contributed by atoms with van der Waals surface area (Å²) in [4.78, 5) is 12.0. The van der Waals surface area contributed by atoms with Crippen molar-refractivity contribution in [3.05, 3.63) is 0 Å². The number of nitrogens with zero attached hydrogens (tertiary/aromatic N) is 1. The zero-order valence-corrected chi connectivity index (χ0v) is 7.99. The van der Waals surface area contributed by atoms with Crippen LogP contribution in [0, 0.1) is 24.7 Å². The van der Waals surface area contributed by atoms with Crippen LogP contribution in [0.4, 0.5) is 4.79 Å². The van der Waals surface area contributed by atoms with Crippen LogP contribution in [0.2, 0.25) is 0 Å². The number of amides is 1. The van der Waals surface area contributed by atoms with E-state index in [2.05, 4.69) is 17.2 Å². The van der Waals surface area contributed by atoms with Gasteiger partial charge >= 0.3 is 6.09 Å². The Balaban J connectivity index is 3.57. The van der Waals surface area contributed by atoms with Crippen LogP contribution < -0.4 is 5.32 Å². The maximum atomic E-state index is 10.1. The average molecular weight is 194 g/mol. The normalized spacial score (nSPS) is 9.07. The van der Waals surface area contributed by atoms with Gasteiger partial charge in [0.1, 0.15) is 0 Å². The van der Waals surface area contributed by atoms with Gasteiger partial charge in [0.05, 0.1) is 13.1 Å². The van der Waals surface area contributed by atoms with Crippen molar-refractivity contribution in [1.82, 2.24) is 10.2 Å². The Bertz CT molecular complexity index is 234. The van der Waals surface area contributed by atoms with E-state index < -0.39 is 6.09 Å². The van der Waals surface area contributed by atoms with E-state index in [1.54, 1.807) is 0 Å². The van der Waals surface area contributed by atoms with Gasteiger partial charge in [0.25, 0.3) is 0 Å². The van der Waals surface area contributed by atoms with Gasteiger partial charge in [-0.1, -0.05) is 11.8 Å². The predicted octanol–water partition coefficient (Wildman–Crippen LogP) is 0.213. The van der Waals surface area contributed by atoms with Crippen molar-refractivity contribution in [2.24, 2.45) is 0 Å². The van der Waals surface area contributed by atoms with Crippen LogP contribution >= 0.6 is 0 Å². The van der Waals surface area contributed by atoms with Crippen LogP contribution in [0.25, 0.3) is 0 Å². The fraction of sp³-hybridized carbons (Fsp3) is 0.500. The van der Waals surface area contributed by atoms with Crippen molar-refractivity contribution >= 4 is 6.09 Å². The van der Waals surface area contributed by atoms with E-state index in [9.17, 15) is 4.79 Å². The molecule has 4 heteroatoms. The minimum atomic E-state index is -1.01. The number of nitrogens with one attached hydrogen (secondary N) is 1. The molecule has 0 radical (unpaired) electrons. The summed E-state index contributed by atoms with van der Waals surface area (Å²) in [6.07, 6.45) is 9.98. The van der Waals surface area contributed by atoms with E-state index in [0.29, 0.717) is 32.6 Å². The maximum Gasteiger partial charge on any atom is 0.404 e. The summed E-state index contributed by atoms with van der Waals surface area (Å²) in [5.74, 6) is 4.99. The van der Waals surface area contributed by atoms with Gasteiger partial charge in [0.2, 0.25) is 0 Å². The lowest BCUT2D eigenvalue weighted by Crippen LogP contribution is -2.29. The zero-order valence-electron chi connectivity index (χ0n) is 7.99. The highest BCUT2D eigenvalue weighted by atomic mass is 16.4. The number of rotatable bonds is 6. The number of hydrogen-bond donors (Lipinski definition) is 2. The summed E-state index contributed by atoms with van der Waals surface area (Å²) in [6, 6.07) is 0. The molecule has 1 amide bonds. The second kappa shape index (κ2) is 7.97. The summed E-state index contributed by atoms with van der Waals surface area (Å²) in [5.41, 5.74) is 0. The molecule has 0 aromatic carbocycles. The standard InChI is InChI=1S/C10H14N2O2/c1-3-7-12(8-4-2)9-5-6-11-10(13)14/h1-2,11H,5-9H2,(H,13,14). The van der Waals surface area contributed by atoms with Crippen molar-refractivity contribution in [3.8, 4) is 24.7 Å². The summed E-state index contributed by atoms with van der Waals surface area (Å²) >= 11 is 0. The molecule has 0 aliphatic carbocycles. The molecule has 14 heavy (non-hydrogen) atoms. The molecule has 0 fully saturated rings. The van der Waals surface area contributed by atoms with Gasteiger partial charge in [-0.15, -0.1) is 12.8 Å². The molecule has 0 rings (SSSR count). The molecule has 2 N–H and O–H groups in total. The first-order chi connectivity index (χ1) is 6.70. The lowest BCUT2D eigenvalue weighted by atomic mass is 10.3. The van der Waals surface area contributed by atoms with Gasteiger partial charge < -0.3 is 10.4 Å². The molecule has 0 aromatic heterocycles. The number of carbonyl (C=O) groups is 1. The Kier molecular flexibility index (Phi) is 7.03. The Labute approximate surface area is 84.3 Å². The molecule has 0 saturated carbocycles. The first kappa shape index (κ1) is 12.3. The molecule has 0 heterocycles. The molecular weight excluding hydrogens is 180 g/mol. The summed E-state index contributed by atoms with van der Waals surface area (Å²) < 4.78 is 0. The molecule has 0 atom stereocenters. The summed E-state index contributed by atoms with van der Waals surface area (Å²) in [5, 5.41) is 10.6. The van der Waals surface area contributed by atoms with Gasteiger partial charge in [0.15, 0.2) is 0 Å². The first-order valence-electron chi connectivity index (χ1n) is 4.26. The quantitative estimate of drug-likeness (QED) is 0.469. The van der Waals surface area contributed by atoms with Gasteiger partial charge in [-0.05, 0) is 6.42 Å². The SMILES string of the molecule is C#CCN(CC#C)CCCNC(=O)O. The van der Waals surface area contributed by atoms with Gasteiger partial charge in [0, 0.05) is 13.1 Å². The molecule has 4 nitrogen and oxygen atoms in total. The van der Waals surface area contributed by atoms with Crippen LogP contribution in [0.15, 0.2) is 0 Å². The summed E-state index contributed by atoms with van der Waals surface area (Å²) in [6.45, 7) is 2.12. The molecule has 0 aliphatic rings. The lowest BCUT2D eigenvalue weighted by molar-refractivity contribution is 0.193. The lowest BCUT2D eigenvalue weighted by Gasteiger charge is -2.15. The van der Waals surface area contributed by atoms with E-state index in [1.807, 2.05) is 4.90 Å². The van der Waals surface area contributed by atoms with Crippen molar-refractivity contribution in [3.63, 3.8) is 0 Å². The van der Waals surface area contributed by atoms with Crippen molar-refractivity contribution in [2.75, 3.05) is 26.2 Å². The number of carboxylic acid groups (broad SMARTS) is 1. The maximum absolute atomic E-state index is 10.1. The Hall–Kier alpha value is -1.65. The number of terminal acetylenes is 2. The smallest absolute Gasteiger partial charge is 0.404 e. The minimum Gasteiger partial charge on any atom is -0.465 e. The topological polar surface area (TPSA) is 52.6 Å². The van der Waals surface area contributed by atoms with E-state index >= 15 is 0 Å². The highest BCUT2D eigenvalue weighted by Gasteiger charge is 2.01. The molecule has 0 aliphatic heterocycles. The second-order valence-corrected chi connectivity index (χ2v) is 2.70. The van der Waals surface area contributed by atoms with E-state index in [-0.39, 0.29) is 0 Å². The average Bonchev–Trinajstić information content (AvgIpc) is 2.12. The number of hydrogen-bond acceptors (Lipinski definition) is 2. The zero-order chi connectivity index (χ0) is 10.8.